The van der Waals surface area contributed by atoms with Gasteiger partial charge in [0.25, 0.3) is 5.69 Å². The molecule has 0 radical (unpaired) electrons. The summed E-state index contributed by atoms with van der Waals surface area (Å²) in [5.74, 6) is 0.828. The third-order valence-electron chi connectivity index (χ3n) is 3.69. The molecule has 1 N–H and O–H groups in total. The van der Waals surface area contributed by atoms with Crippen LogP contribution in [0.1, 0.15) is 19.4 Å². The van der Waals surface area contributed by atoms with Crippen LogP contribution in [0.3, 0.4) is 0 Å². The number of nitro benzene ring substituents is 1. The Labute approximate surface area is 150 Å². The van der Waals surface area contributed by atoms with Crippen LogP contribution in [0.15, 0.2) is 30.3 Å². The molecule has 0 bridgehead atoms. The van der Waals surface area contributed by atoms with Crippen LogP contribution >= 0.6 is 11.8 Å². The number of amides is 2. The van der Waals surface area contributed by atoms with Gasteiger partial charge in [0, 0.05) is 24.4 Å². The fourth-order valence-corrected chi connectivity index (χ4v) is 3.52. The maximum atomic E-state index is 12.4. The Morgan fingerprint density at radius 1 is 1.44 bits per heavy atom. The van der Waals surface area contributed by atoms with Crippen LogP contribution in [0.4, 0.5) is 5.69 Å². The van der Waals surface area contributed by atoms with E-state index in [4.69, 9.17) is 0 Å². The van der Waals surface area contributed by atoms with Crippen molar-refractivity contribution in [2.45, 2.75) is 19.9 Å². The first kappa shape index (κ1) is 19.0. The zero-order valence-electron chi connectivity index (χ0n) is 14.2. The molecule has 1 aromatic rings. The lowest BCUT2D eigenvalue weighted by Crippen LogP contribution is -2.47. The summed E-state index contributed by atoms with van der Waals surface area (Å²) in [4.78, 5) is 36.7. The number of nitro groups is 1. The van der Waals surface area contributed by atoms with Crippen LogP contribution in [0.25, 0.3) is 6.08 Å². The minimum atomic E-state index is -0.508. The van der Waals surface area contributed by atoms with Gasteiger partial charge >= 0.3 is 0 Å². The second-order valence-electron chi connectivity index (χ2n) is 6.11. The number of nitrogens with zero attached hydrogens (tertiary/aromatic N) is 2. The predicted octanol–water partition coefficient (Wildman–Crippen LogP) is 2.28. The van der Waals surface area contributed by atoms with E-state index >= 15 is 0 Å². The number of thioether (sulfide) groups is 1. The van der Waals surface area contributed by atoms with Crippen LogP contribution in [0, 0.1) is 16.0 Å². The predicted molar refractivity (Wildman–Crippen MR) is 97.9 cm³/mol. The minimum Gasteiger partial charge on any atom is -0.354 e. The van der Waals surface area contributed by atoms with Crippen molar-refractivity contribution in [2.75, 3.05) is 18.2 Å². The van der Waals surface area contributed by atoms with Crippen molar-refractivity contribution >= 4 is 35.3 Å². The first-order chi connectivity index (χ1) is 11.9. The van der Waals surface area contributed by atoms with Gasteiger partial charge in [0.1, 0.15) is 6.04 Å². The molecule has 2 rings (SSSR count). The molecule has 1 atom stereocenters. The molecule has 0 aliphatic carbocycles. The summed E-state index contributed by atoms with van der Waals surface area (Å²) in [5.41, 5.74) is 0.294. The highest BCUT2D eigenvalue weighted by atomic mass is 32.2. The van der Waals surface area contributed by atoms with Crippen LogP contribution in [-0.2, 0) is 9.59 Å². The highest BCUT2D eigenvalue weighted by molar-refractivity contribution is 7.99. The van der Waals surface area contributed by atoms with Crippen LogP contribution in [0.5, 0.6) is 0 Å². The van der Waals surface area contributed by atoms with Gasteiger partial charge in [0.15, 0.2) is 0 Å². The SMILES string of the molecule is CC(C)CNC(=O)C1CSCN1C(=O)C=Cc1ccccc1[N+](=O)[O-]. The monoisotopic (exact) mass is 363 g/mol. The molecule has 1 unspecified atom stereocenters. The Morgan fingerprint density at radius 3 is 2.84 bits per heavy atom. The van der Waals surface area contributed by atoms with Gasteiger partial charge in [-0.15, -0.1) is 11.8 Å². The summed E-state index contributed by atoms with van der Waals surface area (Å²) in [7, 11) is 0. The third kappa shape index (κ3) is 5.06. The quantitative estimate of drug-likeness (QED) is 0.475. The number of para-hydroxylation sites is 1. The molecule has 0 spiro atoms. The number of nitrogens with one attached hydrogen (secondary N) is 1. The van der Waals surface area contributed by atoms with Gasteiger partial charge in [-0.2, -0.15) is 0 Å². The Balaban J connectivity index is 2.07. The highest BCUT2D eigenvalue weighted by Gasteiger charge is 2.33. The summed E-state index contributed by atoms with van der Waals surface area (Å²) < 4.78 is 0. The lowest BCUT2D eigenvalue weighted by molar-refractivity contribution is -0.385. The first-order valence-electron chi connectivity index (χ1n) is 7.97. The molecular weight excluding hydrogens is 342 g/mol. The topological polar surface area (TPSA) is 92.6 Å². The number of carbonyl (C=O) groups excluding carboxylic acids is 2. The second kappa shape index (κ2) is 8.66. The molecule has 1 fully saturated rings. The van der Waals surface area contributed by atoms with E-state index in [2.05, 4.69) is 5.32 Å². The molecule has 1 heterocycles. The van der Waals surface area contributed by atoms with E-state index in [0.717, 1.165) is 0 Å². The van der Waals surface area contributed by atoms with Gasteiger partial charge < -0.3 is 10.2 Å². The average molecular weight is 363 g/mol. The molecule has 0 aromatic heterocycles. The van der Waals surface area contributed by atoms with E-state index in [9.17, 15) is 19.7 Å². The fourth-order valence-electron chi connectivity index (χ4n) is 2.35. The smallest absolute Gasteiger partial charge is 0.276 e. The molecule has 1 saturated heterocycles. The lowest BCUT2D eigenvalue weighted by atomic mass is 10.1. The van der Waals surface area contributed by atoms with E-state index in [0.29, 0.717) is 29.7 Å². The highest BCUT2D eigenvalue weighted by Crippen LogP contribution is 2.23. The van der Waals surface area contributed by atoms with Gasteiger partial charge in [-0.3, -0.25) is 19.7 Å². The van der Waals surface area contributed by atoms with Gasteiger partial charge in [-0.25, -0.2) is 0 Å². The fraction of sp³-hybridized carbons (Fsp3) is 0.412. The van der Waals surface area contributed by atoms with E-state index < -0.39 is 11.0 Å². The van der Waals surface area contributed by atoms with Crippen LogP contribution < -0.4 is 5.32 Å². The lowest BCUT2D eigenvalue weighted by Gasteiger charge is -2.22. The van der Waals surface area contributed by atoms with Crippen LogP contribution in [-0.4, -0.2) is 45.9 Å². The normalized spacial score (nSPS) is 17.2. The van der Waals surface area contributed by atoms with Crippen molar-refractivity contribution in [1.29, 1.82) is 0 Å². The first-order valence-corrected chi connectivity index (χ1v) is 9.13. The second-order valence-corrected chi connectivity index (χ2v) is 7.11. The van der Waals surface area contributed by atoms with Gasteiger partial charge in [0.05, 0.1) is 16.4 Å². The van der Waals surface area contributed by atoms with Crippen LogP contribution in [0.2, 0.25) is 0 Å². The molecule has 25 heavy (non-hydrogen) atoms. The molecule has 7 nitrogen and oxygen atoms in total. The van der Waals surface area contributed by atoms with Crippen molar-refractivity contribution in [2.24, 2.45) is 5.92 Å². The molecule has 1 aliphatic heterocycles. The largest absolute Gasteiger partial charge is 0.354 e. The molecule has 1 aliphatic rings. The van der Waals surface area contributed by atoms with Gasteiger partial charge in [-0.1, -0.05) is 26.0 Å². The maximum Gasteiger partial charge on any atom is 0.276 e. The van der Waals surface area contributed by atoms with Crippen molar-refractivity contribution in [1.82, 2.24) is 10.2 Å². The third-order valence-corrected chi connectivity index (χ3v) is 4.70. The Hall–Kier alpha value is -2.35. The number of rotatable bonds is 6. The Kier molecular flexibility index (Phi) is 6.58. The summed E-state index contributed by atoms with van der Waals surface area (Å²) in [6.45, 7) is 4.57. The van der Waals surface area contributed by atoms with Crippen molar-refractivity contribution in [3.8, 4) is 0 Å². The Bertz CT molecular complexity index is 690. The number of benzene rings is 1. The van der Waals surface area contributed by atoms with E-state index in [1.54, 1.807) is 18.2 Å². The average Bonchev–Trinajstić information content (AvgIpc) is 3.07. The maximum absolute atomic E-state index is 12.4. The molecule has 1 aromatic carbocycles. The number of carbonyl (C=O) groups is 2. The zero-order chi connectivity index (χ0) is 18.4. The molecule has 0 saturated carbocycles. The zero-order valence-corrected chi connectivity index (χ0v) is 15.0. The summed E-state index contributed by atoms with van der Waals surface area (Å²) in [6.07, 6.45) is 2.71. The van der Waals surface area contributed by atoms with Crippen molar-refractivity contribution < 1.29 is 14.5 Å². The Morgan fingerprint density at radius 2 is 2.16 bits per heavy atom. The summed E-state index contributed by atoms with van der Waals surface area (Å²) >= 11 is 1.51. The molecule has 134 valence electrons. The summed E-state index contributed by atoms with van der Waals surface area (Å²) in [6, 6.07) is 5.70. The van der Waals surface area contributed by atoms with E-state index in [1.165, 1.54) is 34.9 Å². The van der Waals surface area contributed by atoms with Crippen molar-refractivity contribution in [3.63, 3.8) is 0 Å². The molecule has 8 heteroatoms. The minimum absolute atomic E-state index is 0.0615. The van der Waals surface area contributed by atoms with Gasteiger partial charge in [-0.05, 0) is 18.1 Å². The molecule has 2 amide bonds. The summed E-state index contributed by atoms with van der Waals surface area (Å²) in [5, 5.41) is 13.9. The van der Waals surface area contributed by atoms with Crippen molar-refractivity contribution in [3.05, 3.63) is 46.0 Å². The molecular formula is C17H21N3O4S. The van der Waals surface area contributed by atoms with E-state index in [-0.39, 0.29) is 17.5 Å². The number of hydrogen-bond acceptors (Lipinski definition) is 5. The van der Waals surface area contributed by atoms with E-state index in [1.807, 2.05) is 13.8 Å². The standard InChI is InChI=1S/C17H21N3O4S/c1-12(2)9-18-17(22)15-10-25-11-19(15)16(21)8-7-13-5-3-4-6-14(13)20(23)24/h3-8,12,15H,9-11H2,1-2H3,(H,18,22). The van der Waals surface area contributed by atoms with Gasteiger partial charge in [0.2, 0.25) is 11.8 Å². The number of hydrogen-bond donors (Lipinski definition) is 1.